The van der Waals surface area contributed by atoms with Crippen LogP contribution in [0.2, 0.25) is 5.02 Å². The molecular formula is C12H13ClFN5O. The van der Waals surface area contributed by atoms with Gasteiger partial charge in [0, 0.05) is 17.8 Å². The standard InChI is InChI=1S/C12H13ClFN5O/c1-3-20-12-18-10(15-2)17-11(19-12)16-9-5-7(13)4-8(14)6-9/h4-6H,3H2,1-2H3,(H2,15,16,17,18,19). The molecule has 106 valence electrons. The van der Waals surface area contributed by atoms with Gasteiger partial charge in [0.05, 0.1) is 6.61 Å². The van der Waals surface area contributed by atoms with Gasteiger partial charge in [-0.15, -0.1) is 0 Å². The molecule has 2 N–H and O–H groups in total. The maximum absolute atomic E-state index is 13.3. The second-order valence-electron chi connectivity index (χ2n) is 3.73. The Balaban J connectivity index is 2.29. The van der Waals surface area contributed by atoms with Crippen LogP contribution in [-0.2, 0) is 0 Å². The zero-order valence-electron chi connectivity index (χ0n) is 10.9. The van der Waals surface area contributed by atoms with Gasteiger partial charge in [0.1, 0.15) is 5.82 Å². The average molecular weight is 298 g/mol. The van der Waals surface area contributed by atoms with E-state index in [0.717, 1.165) is 0 Å². The van der Waals surface area contributed by atoms with Crippen molar-refractivity contribution in [2.24, 2.45) is 0 Å². The zero-order valence-corrected chi connectivity index (χ0v) is 11.7. The van der Waals surface area contributed by atoms with Crippen LogP contribution in [0.4, 0.5) is 22.0 Å². The Morgan fingerprint density at radius 1 is 1.20 bits per heavy atom. The molecule has 8 heteroatoms. The highest BCUT2D eigenvalue weighted by atomic mass is 35.5. The van der Waals surface area contributed by atoms with Gasteiger partial charge in [0.2, 0.25) is 11.9 Å². The fourth-order valence-corrected chi connectivity index (χ4v) is 1.69. The van der Waals surface area contributed by atoms with Crippen molar-refractivity contribution in [1.82, 2.24) is 15.0 Å². The van der Waals surface area contributed by atoms with E-state index in [-0.39, 0.29) is 17.0 Å². The van der Waals surface area contributed by atoms with Crippen LogP contribution < -0.4 is 15.4 Å². The lowest BCUT2D eigenvalue weighted by Crippen LogP contribution is -2.07. The Morgan fingerprint density at radius 2 is 1.95 bits per heavy atom. The topological polar surface area (TPSA) is 72.0 Å². The van der Waals surface area contributed by atoms with E-state index in [0.29, 0.717) is 18.2 Å². The van der Waals surface area contributed by atoms with Crippen molar-refractivity contribution in [3.05, 3.63) is 29.0 Å². The highest BCUT2D eigenvalue weighted by Gasteiger charge is 2.07. The van der Waals surface area contributed by atoms with Crippen LogP contribution in [-0.4, -0.2) is 28.6 Å². The minimum absolute atomic E-state index is 0.178. The number of nitrogens with zero attached hydrogens (tertiary/aromatic N) is 3. The highest BCUT2D eigenvalue weighted by molar-refractivity contribution is 6.30. The third kappa shape index (κ3) is 3.67. The lowest BCUT2D eigenvalue weighted by Gasteiger charge is -2.09. The van der Waals surface area contributed by atoms with Gasteiger partial charge in [-0.3, -0.25) is 0 Å². The predicted octanol–water partition coefficient (Wildman–Crippen LogP) is 2.85. The van der Waals surface area contributed by atoms with Crippen LogP contribution in [0.15, 0.2) is 18.2 Å². The summed E-state index contributed by atoms with van der Waals surface area (Å²) >= 11 is 5.79. The molecule has 0 saturated heterocycles. The first-order valence-corrected chi connectivity index (χ1v) is 6.28. The van der Waals surface area contributed by atoms with Gasteiger partial charge < -0.3 is 15.4 Å². The molecule has 1 aromatic carbocycles. The fraction of sp³-hybridized carbons (Fsp3) is 0.250. The molecule has 0 spiro atoms. The summed E-state index contributed by atoms with van der Waals surface area (Å²) in [6.45, 7) is 2.25. The van der Waals surface area contributed by atoms with Gasteiger partial charge in [-0.25, -0.2) is 4.39 Å². The van der Waals surface area contributed by atoms with E-state index in [2.05, 4.69) is 25.6 Å². The molecule has 2 aromatic rings. The van der Waals surface area contributed by atoms with E-state index in [1.54, 1.807) is 13.1 Å². The number of aromatic nitrogens is 3. The molecule has 0 atom stereocenters. The SMILES string of the molecule is CCOc1nc(NC)nc(Nc2cc(F)cc(Cl)c2)n1. The largest absolute Gasteiger partial charge is 0.464 e. The number of anilines is 3. The van der Waals surface area contributed by atoms with Crippen LogP contribution in [0.1, 0.15) is 6.92 Å². The maximum atomic E-state index is 13.3. The van der Waals surface area contributed by atoms with Crippen molar-refractivity contribution in [3.63, 3.8) is 0 Å². The van der Waals surface area contributed by atoms with Crippen molar-refractivity contribution < 1.29 is 9.13 Å². The van der Waals surface area contributed by atoms with Gasteiger partial charge in [-0.2, -0.15) is 15.0 Å². The summed E-state index contributed by atoms with van der Waals surface area (Å²) in [7, 11) is 1.67. The zero-order chi connectivity index (χ0) is 14.5. The monoisotopic (exact) mass is 297 g/mol. The Labute approximate surface area is 120 Å². The number of ether oxygens (including phenoxy) is 1. The minimum atomic E-state index is -0.451. The van der Waals surface area contributed by atoms with Crippen molar-refractivity contribution in [1.29, 1.82) is 0 Å². The third-order valence-corrected chi connectivity index (χ3v) is 2.45. The lowest BCUT2D eigenvalue weighted by atomic mass is 10.3. The predicted molar refractivity (Wildman–Crippen MR) is 75.2 cm³/mol. The van der Waals surface area contributed by atoms with E-state index in [1.165, 1.54) is 12.1 Å². The molecular weight excluding hydrogens is 285 g/mol. The minimum Gasteiger partial charge on any atom is -0.464 e. The van der Waals surface area contributed by atoms with E-state index in [4.69, 9.17) is 16.3 Å². The van der Waals surface area contributed by atoms with Gasteiger partial charge in [-0.05, 0) is 25.1 Å². The molecule has 0 radical (unpaired) electrons. The third-order valence-electron chi connectivity index (χ3n) is 2.23. The molecule has 0 aliphatic rings. The molecule has 0 aliphatic heterocycles. The first-order valence-electron chi connectivity index (χ1n) is 5.90. The normalized spacial score (nSPS) is 10.2. The molecule has 6 nitrogen and oxygen atoms in total. The second-order valence-corrected chi connectivity index (χ2v) is 4.17. The highest BCUT2D eigenvalue weighted by Crippen LogP contribution is 2.21. The van der Waals surface area contributed by atoms with Crippen LogP contribution in [0.25, 0.3) is 0 Å². The van der Waals surface area contributed by atoms with E-state index in [1.807, 2.05) is 6.92 Å². The number of halogens is 2. The molecule has 1 aromatic heterocycles. The van der Waals surface area contributed by atoms with Gasteiger partial charge in [-0.1, -0.05) is 11.6 Å². The molecule has 0 amide bonds. The molecule has 0 unspecified atom stereocenters. The van der Waals surface area contributed by atoms with E-state index >= 15 is 0 Å². The van der Waals surface area contributed by atoms with Crippen molar-refractivity contribution >= 4 is 29.2 Å². The van der Waals surface area contributed by atoms with E-state index in [9.17, 15) is 4.39 Å². The summed E-state index contributed by atoms with van der Waals surface area (Å²) in [5.41, 5.74) is 0.436. The summed E-state index contributed by atoms with van der Waals surface area (Å²) in [5.74, 6) is 0.121. The number of hydrogen-bond donors (Lipinski definition) is 2. The first-order chi connectivity index (χ1) is 9.60. The number of benzene rings is 1. The maximum Gasteiger partial charge on any atom is 0.323 e. The van der Waals surface area contributed by atoms with Crippen molar-refractivity contribution in [3.8, 4) is 6.01 Å². The Kier molecular flexibility index (Phi) is 4.52. The molecule has 0 bridgehead atoms. The number of rotatable bonds is 5. The van der Waals surface area contributed by atoms with Gasteiger partial charge >= 0.3 is 6.01 Å². The van der Waals surface area contributed by atoms with Crippen molar-refractivity contribution in [2.45, 2.75) is 6.92 Å². The number of nitrogens with one attached hydrogen (secondary N) is 2. The summed E-state index contributed by atoms with van der Waals surface area (Å²) < 4.78 is 18.5. The summed E-state index contributed by atoms with van der Waals surface area (Å²) in [5, 5.41) is 5.92. The number of hydrogen-bond acceptors (Lipinski definition) is 6. The molecule has 1 heterocycles. The Bertz CT molecular complexity index is 590. The second kappa shape index (κ2) is 6.33. The quantitative estimate of drug-likeness (QED) is 0.884. The lowest BCUT2D eigenvalue weighted by molar-refractivity contribution is 0.312. The van der Waals surface area contributed by atoms with Crippen LogP contribution in [0.3, 0.4) is 0 Å². The Morgan fingerprint density at radius 3 is 2.60 bits per heavy atom. The summed E-state index contributed by atoms with van der Waals surface area (Å²) in [6, 6.07) is 4.24. The smallest absolute Gasteiger partial charge is 0.323 e. The van der Waals surface area contributed by atoms with Gasteiger partial charge in [0.25, 0.3) is 0 Å². The summed E-state index contributed by atoms with van der Waals surface area (Å²) in [4.78, 5) is 12.2. The summed E-state index contributed by atoms with van der Waals surface area (Å²) in [6.07, 6.45) is 0. The average Bonchev–Trinajstić information content (AvgIpc) is 2.37. The van der Waals surface area contributed by atoms with Crippen LogP contribution >= 0.6 is 11.6 Å². The molecule has 2 rings (SSSR count). The van der Waals surface area contributed by atoms with E-state index < -0.39 is 5.82 Å². The van der Waals surface area contributed by atoms with Gasteiger partial charge in [0.15, 0.2) is 0 Å². The molecule has 0 saturated carbocycles. The van der Waals surface area contributed by atoms with Crippen LogP contribution in [0.5, 0.6) is 6.01 Å². The van der Waals surface area contributed by atoms with Crippen molar-refractivity contribution in [2.75, 3.05) is 24.3 Å². The molecule has 0 aliphatic carbocycles. The Hall–Kier alpha value is -2.15. The fourth-order valence-electron chi connectivity index (χ4n) is 1.47. The van der Waals surface area contributed by atoms with Crippen LogP contribution in [0, 0.1) is 5.82 Å². The first kappa shape index (κ1) is 14.3. The molecule has 0 fully saturated rings. The molecule has 20 heavy (non-hydrogen) atoms.